The molecule has 76 valence electrons. The first-order valence-electron chi connectivity index (χ1n) is 4.24. The maximum Gasteiger partial charge on any atom is 0.119 e. The number of hydrogen-bond donors (Lipinski definition) is 0. The van der Waals surface area contributed by atoms with Crippen LogP contribution in [0.5, 0.6) is 5.75 Å². The molecule has 0 saturated heterocycles. The molecule has 0 aliphatic carbocycles. The molecule has 0 aliphatic rings. The number of rotatable bonds is 4. The Bertz CT molecular complexity index is 315. The second-order valence-corrected chi connectivity index (χ2v) is 4.60. The van der Waals surface area contributed by atoms with E-state index < -0.39 is 0 Å². The molecule has 0 aromatic heterocycles. The third kappa shape index (κ3) is 3.31. The first kappa shape index (κ1) is 11.5. The van der Waals surface area contributed by atoms with Gasteiger partial charge in [0.25, 0.3) is 0 Å². The molecule has 0 bridgehead atoms. The van der Waals surface area contributed by atoms with E-state index in [0.717, 1.165) is 5.75 Å². The minimum atomic E-state index is 0.903. The molecule has 0 unspecified atom stereocenters. The van der Waals surface area contributed by atoms with Crippen LogP contribution in [0.1, 0.15) is 5.56 Å². The molecule has 1 aromatic carbocycles. The second kappa shape index (κ2) is 6.04. The molecule has 0 radical (unpaired) electrons. The van der Waals surface area contributed by atoms with Gasteiger partial charge in [-0.15, -0.1) is 23.5 Å². The summed E-state index contributed by atoms with van der Waals surface area (Å²) in [5, 5.41) is 0. The maximum absolute atomic E-state index is 5.16. The fraction of sp³-hybridized carbons (Fsp3) is 0.273. The van der Waals surface area contributed by atoms with Crippen LogP contribution in [0.2, 0.25) is 0 Å². The summed E-state index contributed by atoms with van der Waals surface area (Å²) >= 11 is 3.52. The molecule has 0 amide bonds. The SMILES string of the molecule is COc1cccc(C=C(SC)SC)c1. The molecule has 3 heteroatoms. The largest absolute Gasteiger partial charge is 0.497 e. The molecular formula is C11H14OS2. The molecule has 1 rings (SSSR count). The Kier molecular flexibility index (Phi) is 4.98. The monoisotopic (exact) mass is 226 g/mol. The van der Waals surface area contributed by atoms with Crippen LogP contribution in [0.15, 0.2) is 28.5 Å². The summed E-state index contributed by atoms with van der Waals surface area (Å²) in [6, 6.07) is 8.07. The van der Waals surface area contributed by atoms with E-state index in [1.807, 2.05) is 18.2 Å². The van der Waals surface area contributed by atoms with Gasteiger partial charge in [-0.3, -0.25) is 0 Å². The van der Waals surface area contributed by atoms with Crippen molar-refractivity contribution in [3.63, 3.8) is 0 Å². The zero-order chi connectivity index (χ0) is 10.4. The summed E-state index contributed by atoms with van der Waals surface area (Å²) in [5.74, 6) is 0.903. The third-order valence-electron chi connectivity index (χ3n) is 1.78. The fourth-order valence-electron chi connectivity index (χ4n) is 1.07. The van der Waals surface area contributed by atoms with Crippen LogP contribution in [-0.2, 0) is 0 Å². The van der Waals surface area contributed by atoms with Crippen molar-refractivity contribution in [2.75, 3.05) is 19.6 Å². The molecule has 0 heterocycles. The van der Waals surface area contributed by atoms with E-state index in [1.165, 1.54) is 9.80 Å². The van der Waals surface area contributed by atoms with Crippen molar-refractivity contribution >= 4 is 29.6 Å². The lowest BCUT2D eigenvalue weighted by Crippen LogP contribution is -1.82. The Morgan fingerprint density at radius 1 is 1.29 bits per heavy atom. The Hall–Kier alpha value is -0.540. The van der Waals surface area contributed by atoms with Gasteiger partial charge in [0.2, 0.25) is 0 Å². The topological polar surface area (TPSA) is 9.23 Å². The highest BCUT2D eigenvalue weighted by Crippen LogP contribution is 2.27. The molecule has 14 heavy (non-hydrogen) atoms. The summed E-state index contributed by atoms with van der Waals surface area (Å²) in [7, 11) is 1.69. The summed E-state index contributed by atoms with van der Waals surface area (Å²) in [6.45, 7) is 0. The number of benzene rings is 1. The van der Waals surface area contributed by atoms with E-state index in [1.54, 1.807) is 30.6 Å². The number of thioether (sulfide) groups is 2. The first-order chi connectivity index (χ1) is 6.80. The van der Waals surface area contributed by atoms with Crippen LogP contribution < -0.4 is 4.74 Å². The van der Waals surface area contributed by atoms with E-state index in [0.29, 0.717) is 0 Å². The van der Waals surface area contributed by atoms with Crippen LogP contribution >= 0.6 is 23.5 Å². The predicted octanol–water partition coefficient (Wildman–Crippen LogP) is 3.72. The van der Waals surface area contributed by atoms with Gasteiger partial charge < -0.3 is 4.74 Å². The van der Waals surface area contributed by atoms with Gasteiger partial charge in [0.1, 0.15) is 5.75 Å². The van der Waals surface area contributed by atoms with Gasteiger partial charge in [-0.2, -0.15) is 0 Å². The van der Waals surface area contributed by atoms with Gasteiger partial charge in [-0.25, -0.2) is 0 Å². The van der Waals surface area contributed by atoms with Crippen LogP contribution in [0.25, 0.3) is 6.08 Å². The standard InChI is InChI=1S/C11H14OS2/c1-12-10-6-4-5-9(7-10)8-11(13-2)14-3/h4-8H,1-3H3. The molecule has 0 N–H and O–H groups in total. The van der Waals surface area contributed by atoms with Crippen molar-refractivity contribution in [2.24, 2.45) is 0 Å². The fourth-order valence-corrected chi connectivity index (χ4v) is 2.24. The Labute approximate surface area is 93.9 Å². The van der Waals surface area contributed by atoms with Crippen molar-refractivity contribution in [1.29, 1.82) is 0 Å². The maximum atomic E-state index is 5.16. The van der Waals surface area contributed by atoms with Gasteiger partial charge >= 0.3 is 0 Å². The summed E-state index contributed by atoms with van der Waals surface area (Å²) in [6.07, 6.45) is 6.34. The van der Waals surface area contributed by atoms with E-state index in [4.69, 9.17) is 4.74 Å². The smallest absolute Gasteiger partial charge is 0.119 e. The second-order valence-electron chi connectivity index (χ2n) is 2.65. The van der Waals surface area contributed by atoms with Crippen molar-refractivity contribution in [3.8, 4) is 5.75 Å². The number of hydrogen-bond acceptors (Lipinski definition) is 3. The van der Waals surface area contributed by atoms with Gasteiger partial charge in [0.05, 0.1) is 7.11 Å². The molecule has 0 saturated carbocycles. The summed E-state index contributed by atoms with van der Waals surface area (Å²) in [5.41, 5.74) is 1.18. The lowest BCUT2D eigenvalue weighted by molar-refractivity contribution is 0.414. The van der Waals surface area contributed by atoms with E-state index in [9.17, 15) is 0 Å². The van der Waals surface area contributed by atoms with Crippen LogP contribution in [0.3, 0.4) is 0 Å². The predicted molar refractivity (Wildman–Crippen MR) is 68.0 cm³/mol. The van der Waals surface area contributed by atoms with E-state index in [-0.39, 0.29) is 0 Å². The molecular weight excluding hydrogens is 212 g/mol. The van der Waals surface area contributed by atoms with Crippen LogP contribution in [-0.4, -0.2) is 19.6 Å². The Morgan fingerprint density at radius 2 is 2.00 bits per heavy atom. The molecule has 0 atom stereocenters. The number of methoxy groups -OCH3 is 1. The van der Waals surface area contributed by atoms with Gasteiger partial charge in [-0.1, -0.05) is 12.1 Å². The highest BCUT2D eigenvalue weighted by molar-refractivity contribution is 8.21. The summed E-state index contributed by atoms with van der Waals surface area (Å²) in [4.78, 5) is 0. The highest BCUT2D eigenvalue weighted by atomic mass is 32.2. The van der Waals surface area contributed by atoms with Crippen LogP contribution in [0.4, 0.5) is 0 Å². The van der Waals surface area contributed by atoms with Crippen LogP contribution in [0, 0.1) is 0 Å². The molecule has 0 fully saturated rings. The van der Waals surface area contributed by atoms with E-state index in [2.05, 4.69) is 24.7 Å². The van der Waals surface area contributed by atoms with Gasteiger partial charge in [0, 0.05) is 4.24 Å². The summed E-state index contributed by atoms with van der Waals surface area (Å²) < 4.78 is 6.46. The van der Waals surface area contributed by atoms with Gasteiger partial charge in [-0.05, 0) is 36.3 Å². The quantitative estimate of drug-likeness (QED) is 0.774. The lowest BCUT2D eigenvalue weighted by atomic mass is 10.2. The lowest BCUT2D eigenvalue weighted by Gasteiger charge is -2.02. The van der Waals surface area contributed by atoms with Crippen molar-refractivity contribution < 1.29 is 4.74 Å². The molecule has 1 nitrogen and oxygen atoms in total. The van der Waals surface area contributed by atoms with E-state index >= 15 is 0 Å². The molecule has 0 aliphatic heterocycles. The zero-order valence-corrected chi connectivity index (χ0v) is 10.2. The van der Waals surface area contributed by atoms with Crippen molar-refractivity contribution in [3.05, 3.63) is 34.1 Å². The normalized spacial score (nSPS) is 9.64. The van der Waals surface area contributed by atoms with Crippen molar-refractivity contribution in [2.45, 2.75) is 0 Å². The highest BCUT2D eigenvalue weighted by Gasteiger charge is 1.95. The minimum Gasteiger partial charge on any atom is -0.497 e. The Balaban J connectivity index is 2.90. The number of ether oxygens (including phenoxy) is 1. The minimum absolute atomic E-state index is 0.903. The molecule has 1 aromatic rings. The Morgan fingerprint density at radius 3 is 2.57 bits per heavy atom. The average molecular weight is 226 g/mol. The zero-order valence-electron chi connectivity index (χ0n) is 8.61. The first-order valence-corrected chi connectivity index (χ1v) is 6.69. The van der Waals surface area contributed by atoms with Gasteiger partial charge in [0.15, 0.2) is 0 Å². The van der Waals surface area contributed by atoms with Crippen molar-refractivity contribution in [1.82, 2.24) is 0 Å². The average Bonchev–Trinajstić information content (AvgIpc) is 2.26. The molecule has 0 spiro atoms. The third-order valence-corrected chi connectivity index (χ3v) is 3.82.